The minimum absolute atomic E-state index is 0. The summed E-state index contributed by atoms with van der Waals surface area (Å²) in [5.41, 5.74) is 6.16. The van der Waals surface area contributed by atoms with Gasteiger partial charge in [0.15, 0.2) is 0 Å². The molecule has 0 fully saturated rings. The molecular weight excluding hydrogens is 304 g/mol. The third kappa shape index (κ3) is 4.66. The van der Waals surface area contributed by atoms with Crippen molar-refractivity contribution >= 4 is 34.2 Å². The summed E-state index contributed by atoms with van der Waals surface area (Å²) < 4.78 is 1.02. The summed E-state index contributed by atoms with van der Waals surface area (Å²) in [7, 11) is 0. The monoisotopic (exact) mass is 320 g/mol. The summed E-state index contributed by atoms with van der Waals surface area (Å²) in [6.07, 6.45) is 0. The first kappa shape index (κ1) is 16.4. The van der Waals surface area contributed by atoms with Gasteiger partial charge in [-0.2, -0.15) is 0 Å². The van der Waals surface area contributed by atoms with Crippen LogP contribution in [0.3, 0.4) is 0 Å². The van der Waals surface area contributed by atoms with Crippen molar-refractivity contribution in [2.75, 3.05) is 0 Å². The van der Waals surface area contributed by atoms with Crippen molar-refractivity contribution in [1.82, 2.24) is 5.32 Å². The van der Waals surface area contributed by atoms with Crippen LogP contribution in [0, 0.1) is 0 Å². The highest BCUT2D eigenvalue weighted by molar-refractivity contribution is 9.10. The number of benzene rings is 1. The van der Waals surface area contributed by atoms with Gasteiger partial charge in [0, 0.05) is 4.47 Å². The van der Waals surface area contributed by atoms with Gasteiger partial charge in [0.05, 0.1) is 11.6 Å². The Morgan fingerprint density at radius 1 is 1.35 bits per heavy atom. The van der Waals surface area contributed by atoms with Crippen LogP contribution < -0.4 is 11.1 Å². The van der Waals surface area contributed by atoms with E-state index in [4.69, 9.17) is 5.73 Å². The lowest BCUT2D eigenvalue weighted by Crippen LogP contribution is -2.47. The fourth-order valence-corrected chi connectivity index (χ4v) is 1.62. The van der Waals surface area contributed by atoms with E-state index < -0.39 is 11.6 Å². The maximum Gasteiger partial charge on any atom is 0.237 e. The molecule has 1 aromatic carbocycles. The minimum atomic E-state index is -0.491. The van der Waals surface area contributed by atoms with E-state index in [1.54, 1.807) is 6.92 Å². The van der Waals surface area contributed by atoms with Gasteiger partial charge in [-0.25, -0.2) is 0 Å². The summed E-state index contributed by atoms with van der Waals surface area (Å²) in [5, 5.41) is 2.91. The maximum atomic E-state index is 11.6. The van der Waals surface area contributed by atoms with Crippen LogP contribution in [-0.4, -0.2) is 11.9 Å². The molecule has 0 spiro atoms. The standard InChI is InChI=1S/C12H17BrN2O.ClH/c1-8(14)11(16)15-12(2,3)9-4-6-10(13)7-5-9;/h4-8H,14H2,1-3H3,(H,15,16);1H. The van der Waals surface area contributed by atoms with E-state index >= 15 is 0 Å². The van der Waals surface area contributed by atoms with Crippen LogP contribution in [0.2, 0.25) is 0 Å². The molecule has 0 aliphatic carbocycles. The first-order chi connectivity index (χ1) is 7.33. The SMILES string of the molecule is CC(N)C(=O)NC(C)(C)c1ccc(Br)cc1.Cl. The normalized spacial score (nSPS) is 12.5. The predicted octanol–water partition coefficient (Wildman–Crippen LogP) is 2.57. The van der Waals surface area contributed by atoms with Crippen molar-refractivity contribution in [1.29, 1.82) is 0 Å². The number of rotatable bonds is 3. The van der Waals surface area contributed by atoms with Crippen LogP contribution in [0.4, 0.5) is 0 Å². The van der Waals surface area contributed by atoms with Gasteiger partial charge in [-0.15, -0.1) is 12.4 Å². The molecule has 3 N–H and O–H groups in total. The Bertz CT molecular complexity index is 377. The third-order valence-electron chi connectivity index (χ3n) is 2.42. The average molecular weight is 322 g/mol. The van der Waals surface area contributed by atoms with Gasteiger partial charge in [-0.05, 0) is 38.5 Å². The molecule has 1 atom stereocenters. The Morgan fingerprint density at radius 3 is 2.24 bits per heavy atom. The van der Waals surface area contributed by atoms with Crippen molar-refractivity contribution in [2.45, 2.75) is 32.4 Å². The summed E-state index contributed by atoms with van der Waals surface area (Å²) in [6.45, 7) is 5.58. The Kier molecular flexibility index (Phi) is 6.16. The van der Waals surface area contributed by atoms with Crippen molar-refractivity contribution in [2.24, 2.45) is 5.73 Å². The number of hydrogen-bond donors (Lipinski definition) is 2. The smallest absolute Gasteiger partial charge is 0.237 e. The number of nitrogens with two attached hydrogens (primary N) is 1. The molecule has 1 unspecified atom stereocenters. The molecule has 0 aliphatic rings. The van der Waals surface area contributed by atoms with Crippen LogP contribution in [-0.2, 0) is 10.3 Å². The number of carbonyl (C=O) groups excluding carboxylic acids is 1. The van der Waals surface area contributed by atoms with E-state index in [2.05, 4.69) is 21.2 Å². The van der Waals surface area contributed by atoms with Gasteiger partial charge in [0.1, 0.15) is 0 Å². The van der Waals surface area contributed by atoms with Crippen LogP contribution in [0.15, 0.2) is 28.7 Å². The lowest BCUT2D eigenvalue weighted by Gasteiger charge is -2.28. The first-order valence-electron chi connectivity index (χ1n) is 5.16. The summed E-state index contributed by atoms with van der Waals surface area (Å²) in [4.78, 5) is 11.6. The molecule has 0 saturated carbocycles. The zero-order chi connectivity index (χ0) is 12.3. The van der Waals surface area contributed by atoms with Crippen LogP contribution in [0.1, 0.15) is 26.3 Å². The fourth-order valence-electron chi connectivity index (χ4n) is 1.36. The van der Waals surface area contributed by atoms with Crippen molar-refractivity contribution in [3.63, 3.8) is 0 Å². The second-order valence-electron chi connectivity index (χ2n) is 4.41. The Balaban J connectivity index is 0.00000256. The van der Waals surface area contributed by atoms with Crippen LogP contribution in [0.5, 0.6) is 0 Å². The van der Waals surface area contributed by atoms with E-state index in [1.807, 2.05) is 38.1 Å². The van der Waals surface area contributed by atoms with Gasteiger partial charge in [0.2, 0.25) is 5.91 Å². The Morgan fingerprint density at radius 2 is 1.82 bits per heavy atom. The van der Waals surface area contributed by atoms with Crippen molar-refractivity contribution in [3.05, 3.63) is 34.3 Å². The molecule has 1 aromatic rings. The lowest BCUT2D eigenvalue weighted by molar-refractivity contribution is -0.123. The zero-order valence-electron chi connectivity index (χ0n) is 10.2. The number of nitrogens with one attached hydrogen (secondary N) is 1. The minimum Gasteiger partial charge on any atom is -0.346 e. The van der Waals surface area contributed by atoms with Gasteiger partial charge >= 0.3 is 0 Å². The molecule has 5 heteroatoms. The Hall–Kier alpha value is -0.580. The molecule has 3 nitrogen and oxygen atoms in total. The zero-order valence-corrected chi connectivity index (χ0v) is 12.6. The molecule has 0 saturated heterocycles. The van der Waals surface area contributed by atoms with Gasteiger partial charge in [-0.1, -0.05) is 28.1 Å². The molecule has 96 valence electrons. The van der Waals surface area contributed by atoms with Gasteiger partial charge < -0.3 is 11.1 Å². The molecule has 1 rings (SSSR count). The summed E-state index contributed by atoms with van der Waals surface area (Å²) >= 11 is 3.38. The average Bonchev–Trinajstić information content (AvgIpc) is 2.17. The lowest BCUT2D eigenvalue weighted by atomic mass is 9.94. The number of amides is 1. The first-order valence-corrected chi connectivity index (χ1v) is 5.96. The molecule has 0 aromatic heterocycles. The molecular formula is C12H18BrClN2O. The highest BCUT2D eigenvalue weighted by Crippen LogP contribution is 2.22. The highest BCUT2D eigenvalue weighted by Gasteiger charge is 2.23. The van der Waals surface area contributed by atoms with E-state index in [9.17, 15) is 4.79 Å². The van der Waals surface area contributed by atoms with E-state index in [-0.39, 0.29) is 18.3 Å². The fraction of sp³-hybridized carbons (Fsp3) is 0.417. The number of hydrogen-bond acceptors (Lipinski definition) is 2. The second kappa shape index (κ2) is 6.38. The summed E-state index contributed by atoms with van der Waals surface area (Å²) in [5.74, 6) is -0.145. The quantitative estimate of drug-likeness (QED) is 0.899. The molecule has 0 bridgehead atoms. The second-order valence-corrected chi connectivity index (χ2v) is 5.33. The highest BCUT2D eigenvalue weighted by atomic mass is 79.9. The predicted molar refractivity (Wildman–Crippen MR) is 76.2 cm³/mol. The van der Waals surface area contributed by atoms with Crippen LogP contribution in [0.25, 0.3) is 0 Å². The molecule has 1 amide bonds. The molecule has 17 heavy (non-hydrogen) atoms. The van der Waals surface area contributed by atoms with Gasteiger partial charge in [0.25, 0.3) is 0 Å². The largest absolute Gasteiger partial charge is 0.346 e. The van der Waals surface area contributed by atoms with Crippen molar-refractivity contribution in [3.8, 4) is 0 Å². The Labute approximate surface area is 117 Å². The van der Waals surface area contributed by atoms with Crippen LogP contribution >= 0.6 is 28.3 Å². The number of carbonyl (C=O) groups is 1. The third-order valence-corrected chi connectivity index (χ3v) is 2.94. The van der Waals surface area contributed by atoms with E-state index in [0.29, 0.717) is 0 Å². The van der Waals surface area contributed by atoms with Crippen molar-refractivity contribution < 1.29 is 4.79 Å². The van der Waals surface area contributed by atoms with E-state index in [1.165, 1.54) is 0 Å². The van der Waals surface area contributed by atoms with Gasteiger partial charge in [-0.3, -0.25) is 4.79 Å². The topological polar surface area (TPSA) is 55.1 Å². The molecule has 0 aliphatic heterocycles. The maximum absolute atomic E-state index is 11.6. The van der Waals surface area contributed by atoms with E-state index in [0.717, 1.165) is 10.0 Å². The molecule has 0 radical (unpaired) electrons. The summed E-state index contributed by atoms with van der Waals surface area (Å²) in [6, 6.07) is 7.37. The molecule has 0 heterocycles. The number of halogens is 2.